The van der Waals surface area contributed by atoms with Crippen molar-refractivity contribution in [1.82, 2.24) is 19.2 Å². The topological polar surface area (TPSA) is 52.2 Å². The molecule has 120 valence electrons. The van der Waals surface area contributed by atoms with Crippen LogP contribution in [0.3, 0.4) is 0 Å². The number of benzene rings is 1. The summed E-state index contributed by atoms with van der Waals surface area (Å²) in [7, 11) is 0. The first-order chi connectivity index (χ1) is 11.1. The van der Waals surface area contributed by atoms with Gasteiger partial charge in [0.2, 0.25) is 5.65 Å². The molecular weight excluding hydrogens is 332 g/mol. The Hall–Kier alpha value is -1.79. The maximum absolute atomic E-state index is 12.7. The molecule has 0 spiro atoms. The van der Waals surface area contributed by atoms with Gasteiger partial charge >= 0.3 is 5.56 Å². The lowest BCUT2D eigenvalue weighted by molar-refractivity contribution is 0.871. The Morgan fingerprint density at radius 3 is 2.87 bits per heavy atom. The Bertz CT molecular complexity index is 903. The van der Waals surface area contributed by atoms with Crippen molar-refractivity contribution >= 4 is 29.0 Å². The highest BCUT2D eigenvalue weighted by molar-refractivity contribution is 7.99. The zero-order valence-corrected chi connectivity index (χ0v) is 14.6. The predicted octanol–water partition coefficient (Wildman–Crippen LogP) is 3.73. The Kier molecular flexibility index (Phi) is 4.73. The van der Waals surface area contributed by atoms with E-state index in [0.717, 1.165) is 35.0 Å². The Balaban J connectivity index is 2.07. The molecule has 1 aromatic carbocycles. The number of hydrogen-bond acceptors (Lipinski definition) is 4. The first-order valence-corrected chi connectivity index (χ1v) is 8.84. The van der Waals surface area contributed by atoms with E-state index in [0.29, 0.717) is 10.7 Å². The summed E-state index contributed by atoms with van der Waals surface area (Å²) in [5, 5.41) is 9.58. The Morgan fingerprint density at radius 2 is 2.09 bits per heavy atom. The van der Waals surface area contributed by atoms with Gasteiger partial charge in [-0.05, 0) is 31.0 Å². The van der Waals surface area contributed by atoms with Gasteiger partial charge in [-0.25, -0.2) is 0 Å². The molecule has 0 saturated carbocycles. The van der Waals surface area contributed by atoms with Crippen LogP contribution < -0.4 is 5.56 Å². The molecular formula is C16H17ClN4OS. The van der Waals surface area contributed by atoms with Gasteiger partial charge in [-0.3, -0.25) is 13.8 Å². The summed E-state index contributed by atoms with van der Waals surface area (Å²) in [5.41, 5.74) is 1.74. The van der Waals surface area contributed by atoms with E-state index in [9.17, 15) is 4.79 Å². The maximum atomic E-state index is 12.7. The number of nitrogens with zero attached hydrogens (tertiary/aromatic N) is 4. The molecule has 0 aliphatic carbocycles. The first-order valence-electron chi connectivity index (χ1n) is 7.48. The minimum Gasteiger partial charge on any atom is -0.279 e. The lowest BCUT2D eigenvalue weighted by Crippen LogP contribution is -2.21. The maximum Gasteiger partial charge on any atom is 0.300 e. The lowest BCUT2D eigenvalue weighted by atomic mass is 10.2. The van der Waals surface area contributed by atoms with Crippen LogP contribution >= 0.6 is 23.4 Å². The fourth-order valence-corrected chi connectivity index (χ4v) is 3.49. The van der Waals surface area contributed by atoms with Gasteiger partial charge in [0.15, 0.2) is 5.16 Å². The van der Waals surface area contributed by atoms with E-state index in [2.05, 4.69) is 17.1 Å². The molecule has 0 aliphatic heterocycles. The Labute approximate surface area is 143 Å². The second kappa shape index (κ2) is 6.76. The molecule has 3 aromatic rings. The van der Waals surface area contributed by atoms with Crippen LogP contribution in [0.15, 0.2) is 40.5 Å². The summed E-state index contributed by atoms with van der Waals surface area (Å²) >= 11 is 7.77. The summed E-state index contributed by atoms with van der Waals surface area (Å²) < 4.78 is 3.31. The molecule has 0 atom stereocenters. The number of halogens is 1. The lowest BCUT2D eigenvalue weighted by Gasteiger charge is -2.10. The third-order valence-electron chi connectivity index (χ3n) is 3.67. The zero-order valence-electron chi connectivity index (χ0n) is 13.0. The molecule has 7 heteroatoms. The second-order valence-corrected chi connectivity index (χ2v) is 6.70. The highest BCUT2D eigenvalue weighted by Gasteiger charge is 2.13. The summed E-state index contributed by atoms with van der Waals surface area (Å²) in [6, 6.07) is 5.51. The minimum atomic E-state index is -0.201. The zero-order chi connectivity index (χ0) is 16.4. The summed E-state index contributed by atoms with van der Waals surface area (Å²) in [6.45, 7) is 4.04. The van der Waals surface area contributed by atoms with E-state index in [1.807, 2.05) is 31.3 Å². The van der Waals surface area contributed by atoms with Crippen LogP contribution in [-0.2, 0) is 0 Å². The predicted molar refractivity (Wildman–Crippen MR) is 94.0 cm³/mol. The Morgan fingerprint density at radius 1 is 1.26 bits per heavy atom. The van der Waals surface area contributed by atoms with E-state index >= 15 is 0 Å². The van der Waals surface area contributed by atoms with Crippen molar-refractivity contribution in [3.8, 4) is 5.69 Å². The van der Waals surface area contributed by atoms with Crippen LogP contribution in [0.25, 0.3) is 11.3 Å². The van der Waals surface area contributed by atoms with Crippen molar-refractivity contribution in [3.05, 3.63) is 51.5 Å². The molecule has 2 aromatic heterocycles. The average Bonchev–Trinajstić information content (AvgIpc) is 2.95. The van der Waals surface area contributed by atoms with Gasteiger partial charge in [-0.1, -0.05) is 42.8 Å². The van der Waals surface area contributed by atoms with Crippen LogP contribution in [-0.4, -0.2) is 24.9 Å². The first kappa shape index (κ1) is 16.1. The van der Waals surface area contributed by atoms with Crippen LogP contribution in [0.5, 0.6) is 0 Å². The molecule has 23 heavy (non-hydrogen) atoms. The van der Waals surface area contributed by atoms with E-state index in [-0.39, 0.29) is 5.56 Å². The molecule has 0 radical (unpaired) electrons. The van der Waals surface area contributed by atoms with Gasteiger partial charge in [0.25, 0.3) is 0 Å². The van der Waals surface area contributed by atoms with Gasteiger partial charge in [-0.2, -0.15) is 0 Å². The highest BCUT2D eigenvalue weighted by atomic mass is 35.5. The normalized spacial score (nSPS) is 11.3. The van der Waals surface area contributed by atoms with Gasteiger partial charge < -0.3 is 0 Å². The second-order valence-electron chi connectivity index (χ2n) is 5.24. The fourth-order valence-electron chi connectivity index (χ4n) is 2.32. The van der Waals surface area contributed by atoms with Crippen molar-refractivity contribution in [2.75, 3.05) is 5.75 Å². The standard InChI is InChI=1S/C16H17ClN4OS/c1-3-4-10-23-16-19-18-14-15(22)20(8-9-21(14)16)13-7-5-6-12(17)11(13)2/h5-9H,3-4,10H2,1-2H3. The summed E-state index contributed by atoms with van der Waals surface area (Å²) in [4.78, 5) is 12.7. The van der Waals surface area contributed by atoms with Crippen molar-refractivity contribution in [1.29, 1.82) is 0 Å². The summed E-state index contributed by atoms with van der Waals surface area (Å²) in [6.07, 6.45) is 5.80. The van der Waals surface area contributed by atoms with E-state index < -0.39 is 0 Å². The smallest absolute Gasteiger partial charge is 0.279 e. The molecule has 0 amide bonds. The molecule has 0 bridgehead atoms. The fraction of sp³-hybridized carbons (Fsp3) is 0.312. The number of aromatic nitrogens is 4. The number of rotatable bonds is 5. The molecule has 3 rings (SSSR count). The van der Waals surface area contributed by atoms with Gasteiger partial charge in [0, 0.05) is 23.2 Å². The van der Waals surface area contributed by atoms with Gasteiger partial charge in [0.1, 0.15) is 0 Å². The molecule has 0 saturated heterocycles. The number of thioether (sulfide) groups is 1. The molecule has 2 heterocycles. The van der Waals surface area contributed by atoms with Crippen LogP contribution in [0.1, 0.15) is 25.3 Å². The van der Waals surface area contributed by atoms with E-state index in [1.54, 1.807) is 26.9 Å². The third-order valence-corrected chi connectivity index (χ3v) is 5.11. The minimum absolute atomic E-state index is 0.201. The monoisotopic (exact) mass is 348 g/mol. The average molecular weight is 349 g/mol. The van der Waals surface area contributed by atoms with Gasteiger partial charge in [0.05, 0.1) is 5.69 Å². The van der Waals surface area contributed by atoms with Crippen LogP contribution in [0.4, 0.5) is 0 Å². The van der Waals surface area contributed by atoms with Crippen molar-refractivity contribution in [2.24, 2.45) is 0 Å². The largest absolute Gasteiger partial charge is 0.300 e. The molecule has 0 aliphatic rings. The SMILES string of the molecule is CCCCSc1nnc2c(=O)n(-c3cccc(Cl)c3C)ccn12. The number of hydrogen-bond donors (Lipinski definition) is 0. The van der Waals surface area contributed by atoms with Crippen LogP contribution in [0.2, 0.25) is 5.02 Å². The van der Waals surface area contributed by atoms with Crippen molar-refractivity contribution in [2.45, 2.75) is 31.8 Å². The molecule has 5 nitrogen and oxygen atoms in total. The molecule has 0 unspecified atom stereocenters. The molecule has 0 N–H and O–H groups in total. The summed E-state index contributed by atoms with van der Waals surface area (Å²) in [5.74, 6) is 0.966. The number of unbranched alkanes of at least 4 members (excludes halogenated alkanes) is 1. The van der Waals surface area contributed by atoms with E-state index in [1.165, 1.54) is 0 Å². The van der Waals surface area contributed by atoms with Gasteiger partial charge in [-0.15, -0.1) is 10.2 Å². The van der Waals surface area contributed by atoms with E-state index in [4.69, 9.17) is 11.6 Å². The van der Waals surface area contributed by atoms with Crippen molar-refractivity contribution in [3.63, 3.8) is 0 Å². The van der Waals surface area contributed by atoms with Crippen molar-refractivity contribution < 1.29 is 0 Å². The van der Waals surface area contributed by atoms with Crippen LogP contribution in [0, 0.1) is 6.92 Å². The molecule has 0 fully saturated rings. The highest BCUT2D eigenvalue weighted by Crippen LogP contribution is 2.22. The third kappa shape index (κ3) is 3.01. The quantitative estimate of drug-likeness (QED) is 0.520. The number of fused-ring (bicyclic) bond motifs is 1.